The number of fused-ring (bicyclic) bond motifs is 1. The van der Waals surface area contributed by atoms with Crippen molar-refractivity contribution in [2.24, 2.45) is 0 Å². The second-order valence-electron chi connectivity index (χ2n) is 10.0. The maximum atomic E-state index is 13.4. The zero-order chi connectivity index (χ0) is 27.6. The highest BCUT2D eigenvalue weighted by Gasteiger charge is 2.33. The van der Waals surface area contributed by atoms with E-state index in [4.69, 9.17) is 0 Å². The highest BCUT2D eigenvalue weighted by Crippen LogP contribution is 2.29. The number of hydrogen-bond acceptors (Lipinski definition) is 6. The molecule has 1 saturated heterocycles. The molecule has 1 aliphatic rings. The van der Waals surface area contributed by atoms with Gasteiger partial charge in [-0.15, -0.1) is 11.3 Å². The second-order valence-corrected chi connectivity index (χ2v) is 11.1. The summed E-state index contributed by atoms with van der Waals surface area (Å²) in [6.45, 7) is 4.74. The average Bonchev–Trinajstić information content (AvgIpc) is 3.62. The van der Waals surface area contributed by atoms with Gasteiger partial charge in [-0.2, -0.15) is 5.26 Å². The molecule has 0 spiro atoms. The van der Waals surface area contributed by atoms with E-state index in [1.807, 2.05) is 61.7 Å². The molecule has 200 valence electrons. The van der Waals surface area contributed by atoms with Gasteiger partial charge in [0.1, 0.15) is 11.6 Å². The molecule has 0 bridgehead atoms. The first-order chi connectivity index (χ1) is 18.0. The minimum absolute atomic E-state index is 0.0899. The van der Waals surface area contributed by atoms with E-state index in [0.29, 0.717) is 18.6 Å². The number of likely N-dealkylation sites (tertiary alicyclic amines) is 1. The van der Waals surface area contributed by atoms with Gasteiger partial charge in [-0.1, -0.05) is 12.1 Å². The van der Waals surface area contributed by atoms with Gasteiger partial charge in [0.2, 0.25) is 5.95 Å². The summed E-state index contributed by atoms with van der Waals surface area (Å²) < 4.78 is 27.9. The maximum Gasteiger partial charge on any atom is 0.272 e. The lowest BCUT2D eigenvalue weighted by Crippen LogP contribution is -2.41. The van der Waals surface area contributed by atoms with Crippen LogP contribution in [0.15, 0.2) is 48.0 Å². The lowest BCUT2D eigenvalue weighted by Gasteiger charge is -2.30. The van der Waals surface area contributed by atoms with E-state index < -0.39 is 17.9 Å². The number of carbonyl (C=O) groups is 2. The highest BCUT2D eigenvalue weighted by atomic mass is 32.1. The van der Waals surface area contributed by atoms with Gasteiger partial charge >= 0.3 is 0 Å². The third-order valence-corrected chi connectivity index (χ3v) is 8.07. The summed E-state index contributed by atoms with van der Waals surface area (Å²) >= 11 is 0.738. The van der Waals surface area contributed by atoms with E-state index in [2.05, 4.69) is 16.4 Å². The van der Waals surface area contributed by atoms with Crippen LogP contribution < -0.4 is 5.32 Å². The first kappa shape index (κ1) is 27.4. The molecule has 38 heavy (non-hydrogen) atoms. The Morgan fingerprint density at radius 3 is 2.68 bits per heavy atom. The number of aromatic nitrogens is 2. The number of amides is 2. The number of imidazole rings is 1. The molecule has 8 nitrogen and oxygen atoms in total. The van der Waals surface area contributed by atoms with Gasteiger partial charge in [0, 0.05) is 18.6 Å². The summed E-state index contributed by atoms with van der Waals surface area (Å²) in [6, 6.07) is 11.9. The molecule has 1 N–H and O–H groups in total. The van der Waals surface area contributed by atoms with Crippen molar-refractivity contribution >= 4 is 40.1 Å². The monoisotopic (exact) mass is 540 g/mol. The summed E-state index contributed by atoms with van der Waals surface area (Å²) in [5.41, 5.74) is 1.03. The van der Waals surface area contributed by atoms with Crippen molar-refractivity contribution in [1.82, 2.24) is 19.4 Å². The average molecular weight is 541 g/mol. The van der Waals surface area contributed by atoms with Crippen molar-refractivity contribution in [2.45, 2.75) is 51.2 Å². The fourth-order valence-electron chi connectivity index (χ4n) is 4.39. The minimum atomic E-state index is -2.65. The first-order valence-electron chi connectivity index (χ1n) is 12.3. The molecule has 2 amide bonds. The molecule has 2 aromatic heterocycles. The maximum absolute atomic E-state index is 13.4. The molecule has 1 fully saturated rings. The number of likely N-dealkylation sites (N-methyl/N-ethyl adjacent to an activating group) is 1. The van der Waals surface area contributed by atoms with E-state index in [0.717, 1.165) is 29.7 Å². The van der Waals surface area contributed by atoms with Crippen molar-refractivity contribution in [3.05, 3.63) is 57.8 Å². The Hall–Kier alpha value is -3.62. The highest BCUT2D eigenvalue weighted by molar-refractivity contribution is 7.14. The van der Waals surface area contributed by atoms with Crippen molar-refractivity contribution in [1.29, 1.82) is 5.26 Å². The fourth-order valence-corrected chi connectivity index (χ4v) is 5.15. The molecule has 0 aliphatic carbocycles. The topological polar surface area (TPSA) is 94.3 Å². The van der Waals surface area contributed by atoms with Crippen LogP contribution in [0.3, 0.4) is 0 Å². The van der Waals surface area contributed by atoms with Crippen LogP contribution in [0.25, 0.3) is 11.0 Å². The number of nitriles is 1. The number of carbonyl (C=O) groups excluding carboxylic acids is 2. The number of alkyl halides is 2. The van der Waals surface area contributed by atoms with Gasteiger partial charge in [-0.05, 0) is 71.1 Å². The lowest BCUT2D eigenvalue weighted by molar-refractivity contribution is -0.127. The molecule has 0 radical (unpaired) electrons. The van der Waals surface area contributed by atoms with Gasteiger partial charge < -0.3 is 14.4 Å². The summed E-state index contributed by atoms with van der Waals surface area (Å²) in [4.78, 5) is 34.5. The number of halogens is 2. The molecule has 4 rings (SSSR count). The SMILES string of the molecule is CN(C)C(C)(C)/C=C(\C#N)C(=O)N1CCC[C@@H]1Cn1c(NC(=O)c2ccc(C(F)F)s2)nc2ccccc21. The Bertz CT molecular complexity index is 1420. The lowest BCUT2D eigenvalue weighted by atomic mass is 9.99. The molecular formula is C27H30F2N6O2S. The molecule has 1 aromatic carbocycles. The summed E-state index contributed by atoms with van der Waals surface area (Å²) in [6.07, 6.45) is 0.557. The zero-order valence-electron chi connectivity index (χ0n) is 21.7. The van der Waals surface area contributed by atoms with Crippen LogP contribution >= 0.6 is 11.3 Å². The van der Waals surface area contributed by atoms with Crippen molar-refractivity contribution < 1.29 is 18.4 Å². The fraction of sp³-hybridized carbons (Fsp3) is 0.407. The van der Waals surface area contributed by atoms with Crippen LogP contribution in [0.1, 0.15) is 47.7 Å². The van der Waals surface area contributed by atoms with Crippen LogP contribution in [0, 0.1) is 11.3 Å². The Morgan fingerprint density at radius 2 is 2.03 bits per heavy atom. The van der Waals surface area contributed by atoms with Crippen LogP contribution in [0.2, 0.25) is 0 Å². The Morgan fingerprint density at radius 1 is 1.29 bits per heavy atom. The van der Waals surface area contributed by atoms with Gasteiger partial charge in [-0.25, -0.2) is 13.8 Å². The normalized spacial score (nSPS) is 16.4. The number of nitrogens with zero attached hydrogens (tertiary/aromatic N) is 5. The van der Waals surface area contributed by atoms with Crippen LogP contribution in [-0.4, -0.2) is 63.4 Å². The van der Waals surface area contributed by atoms with Gasteiger partial charge in [0.25, 0.3) is 18.2 Å². The van der Waals surface area contributed by atoms with E-state index >= 15 is 0 Å². The minimum Gasteiger partial charge on any atom is -0.333 e. The van der Waals surface area contributed by atoms with E-state index in [1.165, 1.54) is 12.1 Å². The first-order valence-corrected chi connectivity index (χ1v) is 13.1. The van der Waals surface area contributed by atoms with Crippen molar-refractivity contribution in [2.75, 3.05) is 26.0 Å². The van der Waals surface area contributed by atoms with Crippen LogP contribution in [0.4, 0.5) is 14.7 Å². The van der Waals surface area contributed by atoms with Crippen molar-refractivity contribution in [3.8, 4) is 6.07 Å². The molecule has 11 heteroatoms. The van der Waals surface area contributed by atoms with E-state index in [1.54, 1.807) is 11.0 Å². The number of thiophene rings is 1. The third-order valence-electron chi connectivity index (χ3n) is 6.98. The van der Waals surface area contributed by atoms with Crippen molar-refractivity contribution in [3.63, 3.8) is 0 Å². The summed E-state index contributed by atoms with van der Waals surface area (Å²) in [5, 5.41) is 12.6. The number of hydrogen-bond donors (Lipinski definition) is 1. The quantitative estimate of drug-likeness (QED) is 0.318. The predicted molar refractivity (Wildman–Crippen MR) is 143 cm³/mol. The van der Waals surface area contributed by atoms with E-state index in [-0.39, 0.29) is 33.2 Å². The predicted octanol–water partition coefficient (Wildman–Crippen LogP) is 5.07. The number of rotatable bonds is 8. The molecule has 1 atom stereocenters. The van der Waals surface area contributed by atoms with Crippen LogP contribution in [0.5, 0.6) is 0 Å². The molecule has 0 unspecified atom stereocenters. The molecule has 3 heterocycles. The largest absolute Gasteiger partial charge is 0.333 e. The smallest absolute Gasteiger partial charge is 0.272 e. The third kappa shape index (κ3) is 5.61. The molecule has 0 saturated carbocycles. The van der Waals surface area contributed by atoms with Gasteiger partial charge in [0.15, 0.2) is 0 Å². The second kappa shape index (κ2) is 11.0. The molecule has 1 aliphatic heterocycles. The van der Waals surface area contributed by atoms with Gasteiger partial charge in [-0.3, -0.25) is 14.9 Å². The number of nitrogens with one attached hydrogen (secondary N) is 1. The molecular weight excluding hydrogens is 510 g/mol. The summed E-state index contributed by atoms with van der Waals surface area (Å²) in [5.74, 6) is -0.580. The Kier molecular flexibility index (Phi) is 7.94. The van der Waals surface area contributed by atoms with E-state index in [9.17, 15) is 23.6 Å². The van der Waals surface area contributed by atoms with Crippen LogP contribution in [-0.2, 0) is 11.3 Å². The number of benzene rings is 1. The summed E-state index contributed by atoms with van der Waals surface area (Å²) in [7, 11) is 3.78. The Balaban J connectivity index is 1.62. The van der Waals surface area contributed by atoms with Gasteiger partial charge in [0.05, 0.1) is 26.8 Å². The zero-order valence-corrected chi connectivity index (χ0v) is 22.6. The Labute approximate surface area is 224 Å². The molecule has 3 aromatic rings. The number of para-hydroxylation sites is 2. The standard InChI is InChI=1S/C27H30F2N6O2S/c1-27(2,33(3)4)14-17(15-30)25(37)34-13-7-8-18(34)16-35-20-10-6-5-9-19(20)31-26(35)32-24(36)22-12-11-21(38-22)23(28)29/h5-6,9-12,14,18,23H,7-8,13,16H2,1-4H3,(H,31,32,36)/b17-14+/t18-/m1/s1. The number of anilines is 1.